The first-order valence-electron chi connectivity index (χ1n) is 7.41. The smallest absolute Gasteiger partial charge is 0.261 e. The van der Waals surface area contributed by atoms with Gasteiger partial charge < -0.3 is 5.32 Å². The van der Waals surface area contributed by atoms with Crippen LogP contribution in [0.4, 0.5) is 5.69 Å². The molecule has 0 saturated heterocycles. The molecule has 2 N–H and O–H groups in total. The van der Waals surface area contributed by atoms with Gasteiger partial charge in [-0.15, -0.1) is 0 Å². The molecule has 2 rings (SSSR count). The number of halogens is 1. The van der Waals surface area contributed by atoms with E-state index in [-0.39, 0.29) is 10.8 Å². The number of rotatable bonds is 6. The second-order valence-corrected chi connectivity index (χ2v) is 7.48. The van der Waals surface area contributed by atoms with Gasteiger partial charge >= 0.3 is 0 Å². The van der Waals surface area contributed by atoms with E-state index in [0.29, 0.717) is 29.2 Å². The van der Waals surface area contributed by atoms with Gasteiger partial charge in [-0.1, -0.05) is 29.8 Å². The number of amides is 1. The molecule has 0 bridgehead atoms. The van der Waals surface area contributed by atoms with Crippen molar-refractivity contribution < 1.29 is 13.2 Å². The molecule has 0 unspecified atom stereocenters. The highest BCUT2D eigenvalue weighted by atomic mass is 35.5. The van der Waals surface area contributed by atoms with Crippen LogP contribution < -0.4 is 10.0 Å². The second kappa shape index (κ2) is 7.68. The summed E-state index contributed by atoms with van der Waals surface area (Å²) < 4.78 is 27.5. The van der Waals surface area contributed by atoms with Crippen LogP contribution in [0.15, 0.2) is 47.4 Å². The highest BCUT2D eigenvalue weighted by molar-refractivity contribution is 7.92. The summed E-state index contributed by atoms with van der Waals surface area (Å²) in [5.41, 5.74) is 2.08. The van der Waals surface area contributed by atoms with Crippen molar-refractivity contribution in [3.05, 3.63) is 58.6 Å². The lowest BCUT2D eigenvalue weighted by molar-refractivity contribution is -0.118. The normalized spacial score (nSPS) is 11.1. The average molecular weight is 367 g/mol. The first-order chi connectivity index (χ1) is 11.3. The molecule has 0 fully saturated rings. The number of sulfonamides is 1. The van der Waals surface area contributed by atoms with Crippen LogP contribution in [0.25, 0.3) is 0 Å². The van der Waals surface area contributed by atoms with Gasteiger partial charge in [0.25, 0.3) is 10.0 Å². The molecule has 0 aliphatic heterocycles. The molecule has 0 atom stereocenters. The minimum absolute atomic E-state index is 0.0877. The Morgan fingerprint density at radius 3 is 2.42 bits per heavy atom. The Bertz CT molecular complexity index is 833. The molecule has 2 aromatic rings. The van der Waals surface area contributed by atoms with Crippen molar-refractivity contribution in [2.45, 2.75) is 25.2 Å². The van der Waals surface area contributed by atoms with Crippen LogP contribution in [0.3, 0.4) is 0 Å². The largest absolute Gasteiger partial charge is 0.356 e. The Labute approximate surface area is 147 Å². The Morgan fingerprint density at radius 1 is 1.12 bits per heavy atom. The SMILES string of the molecule is CC(=O)NCCc1ccc(S(=O)(=O)Nc2cccc(Cl)c2C)cc1. The number of hydrogen-bond donors (Lipinski definition) is 2. The Balaban J connectivity index is 2.12. The Hall–Kier alpha value is -2.05. The average Bonchev–Trinajstić information content (AvgIpc) is 2.52. The van der Waals surface area contributed by atoms with E-state index >= 15 is 0 Å². The fourth-order valence-corrected chi connectivity index (χ4v) is 3.44. The zero-order valence-electron chi connectivity index (χ0n) is 13.5. The number of carbonyl (C=O) groups is 1. The van der Waals surface area contributed by atoms with Gasteiger partial charge in [0.2, 0.25) is 5.91 Å². The van der Waals surface area contributed by atoms with Gasteiger partial charge in [0, 0.05) is 18.5 Å². The first kappa shape index (κ1) is 18.3. The summed E-state index contributed by atoms with van der Waals surface area (Å²) in [7, 11) is -3.68. The van der Waals surface area contributed by atoms with Crippen molar-refractivity contribution in [2.24, 2.45) is 0 Å². The van der Waals surface area contributed by atoms with Crippen molar-refractivity contribution in [3.63, 3.8) is 0 Å². The maximum Gasteiger partial charge on any atom is 0.261 e. The van der Waals surface area contributed by atoms with Crippen molar-refractivity contribution in [2.75, 3.05) is 11.3 Å². The zero-order chi connectivity index (χ0) is 17.7. The van der Waals surface area contributed by atoms with Crippen LogP contribution in [0.5, 0.6) is 0 Å². The van der Waals surface area contributed by atoms with E-state index in [4.69, 9.17) is 11.6 Å². The summed E-state index contributed by atoms with van der Waals surface area (Å²) >= 11 is 6.02. The van der Waals surface area contributed by atoms with E-state index in [0.717, 1.165) is 5.56 Å². The summed E-state index contributed by atoms with van der Waals surface area (Å²) in [6, 6.07) is 11.6. The molecule has 7 heteroatoms. The minimum Gasteiger partial charge on any atom is -0.356 e. The van der Waals surface area contributed by atoms with Gasteiger partial charge in [0.15, 0.2) is 0 Å². The lowest BCUT2D eigenvalue weighted by Gasteiger charge is -2.12. The molecule has 5 nitrogen and oxygen atoms in total. The van der Waals surface area contributed by atoms with E-state index in [9.17, 15) is 13.2 Å². The van der Waals surface area contributed by atoms with Crippen LogP contribution in [-0.2, 0) is 21.2 Å². The van der Waals surface area contributed by atoms with Crippen molar-refractivity contribution in [1.82, 2.24) is 5.32 Å². The molecular formula is C17H19ClN2O3S. The number of carbonyl (C=O) groups excluding carboxylic acids is 1. The summed E-state index contributed by atoms with van der Waals surface area (Å²) in [6.07, 6.45) is 0.640. The highest BCUT2D eigenvalue weighted by Gasteiger charge is 2.15. The maximum atomic E-state index is 12.5. The van der Waals surface area contributed by atoms with Crippen LogP contribution in [0.2, 0.25) is 5.02 Å². The molecule has 0 aliphatic rings. The molecule has 0 saturated carbocycles. The molecule has 0 radical (unpaired) electrons. The fourth-order valence-electron chi connectivity index (χ4n) is 2.14. The van der Waals surface area contributed by atoms with Gasteiger partial charge in [-0.3, -0.25) is 9.52 Å². The van der Waals surface area contributed by atoms with Gasteiger partial charge in [-0.25, -0.2) is 8.42 Å². The highest BCUT2D eigenvalue weighted by Crippen LogP contribution is 2.25. The molecule has 0 aromatic heterocycles. The fraction of sp³-hybridized carbons (Fsp3) is 0.235. The Kier molecular flexibility index (Phi) is 5.85. The first-order valence-corrected chi connectivity index (χ1v) is 9.27. The number of benzene rings is 2. The lowest BCUT2D eigenvalue weighted by Crippen LogP contribution is -2.22. The molecule has 0 heterocycles. The summed E-state index contributed by atoms with van der Waals surface area (Å²) in [4.78, 5) is 11.0. The zero-order valence-corrected chi connectivity index (χ0v) is 15.0. The molecule has 1 amide bonds. The minimum atomic E-state index is -3.68. The Morgan fingerprint density at radius 2 is 1.79 bits per heavy atom. The third kappa shape index (κ3) is 4.72. The summed E-state index contributed by atoms with van der Waals surface area (Å²) in [5, 5.41) is 3.20. The van der Waals surface area contributed by atoms with E-state index in [1.807, 2.05) is 0 Å². The monoisotopic (exact) mass is 366 g/mol. The van der Waals surface area contributed by atoms with Crippen molar-refractivity contribution >= 4 is 33.2 Å². The quantitative estimate of drug-likeness (QED) is 0.824. The van der Waals surface area contributed by atoms with Gasteiger partial charge in [0.05, 0.1) is 10.6 Å². The molecule has 0 spiro atoms. The predicted octanol–water partition coefficient (Wildman–Crippen LogP) is 3.13. The molecule has 24 heavy (non-hydrogen) atoms. The van der Waals surface area contributed by atoms with Gasteiger partial charge in [-0.05, 0) is 48.7 Å². The number of anilines is 1. The van der Waals surface area contributed by atoms with Crippen molar-refractivity contribution in [1.29, 1.82) is 0 Å². The molecule has 0 aliphatic carbocycles. The van der Waals surface area contributed by atoms with Crippen LogP contribution in [0, 0.1) is 6.92 Å². The van der Waals surface area contributed by atoms with Crippen molar-refractivity contribution in [3.8, 4) is 0 Å². The van der Waals surface area contributed by atoms with E-state index in [1.165, 1.54) is 6.92 Å². The van der Waals surface area contributed by atoms with Crippen LogP contribution >= 0.6 is 11.6 Å². The summed E-state index contributed by atoms with van der Waals surface area (Å²) in [6.45, 7) is 3.73. The molecule has 2 aromatic carbocycles. The molecular weight excluding hydrogens is 348 g/mol. The number of nitrogens with one attached hydrogen (secondary N) is 2. The van der Waals surface area contributed by atoms with Gasteiger partial charge in [0.1, 0.15) is 0 Å². The second-order valence-electron chi connectivity index (χ2n) is 5.39. The number of hydrogen-bond acceptors (Lipinski definition) is 3. The third-order valence-corrected chi connectivity index (χ3v) is 5.32. The van der Waals surface area contributed by atoms with E-state index in [1.54, 1.807) is 49.4 Å². The lowest BCUT2D eigenvalue weighted by atomic mass is 10.1. The van der Waals surface area contributed by atoms with E-state index in [2.05, 4.69) is 10.0 Å². The molecule has 128 valence electrons. The summed E-state index contributed by atoms with van der Waals surface area (Å²) in [5.74, 6) is -0.0877. The van der Waals surface area contributed by atoms with Crippen LogP contribution in [0.1, 0.15) is 18.1 Å². The maximum absolute atomic E-state index is 12.5. The van der Waals surface area contributed by atoms with Gasteiger partial charge in [-0.2, -0.15) is 0 Å². The van der Waals surface area contributed by atoms with Crippen LogP contribution in [-0.4, -0.2) is 20.9 Å². The third-order valence-electron chi connectivity index (χ3n) is 3.53. The standard InChI is InChI=1S/C17H19ClN2O3S/c1-12-16(18)4-3-5-17(12)20-24(22,23)15-8-6-14(7-9-15)10-11-19-13(2)21/h3-9,20H,10-11H2,1-2H3,(H,19,21). The topological polar surface area (TPSA) is 75.3 Å². The van der Waals surface area contributed by atoms with E-state index < -0.39 is 10.0 Å². The predicted molar refractivity (Wildman–Crippen MR) is 95.8 cm³/mol.